The Hall–Kier alpha value is -3.98. The molecule has 0 bridgehead atoms. The molecule has 0 amide bonds. The van der Waals surface area contributed by atoms with Gasteiger partial charge in [-0.05, 0) is 92.3 Å². The molecule has 52 heavy (non-hydrogen) atoms. The van der Waals surface area contributed by atoms with Gasteiger partial charge in [-0.3, -0.25) is 14.9 Å². The fourth-order valence-electron chi connectivity index (χ4n) is 8.40. The van der Waals surface area contributed by atoms with Crippen molar-refractivity contribution in [1.82, 2.24) is 30.0 Å². The molecular weight excluding hydrogens is 673 g/mol. The standard InChI is InChI=1S/C38H47F3N8O3/c1-4-30(51)49-20-37(21-49)10-13-47(14-11-37)35-27-16-26(24-7-8-24)32(31-23(2)6-9-29-28(31)17-42-45-29)34(52-22-38(39,40)41)33(27)43-36(44-35)48-18-25(19-48)46(3)12-5-15-50/h4,6,9,16-17,24-25,30,50-51H,1,5,7-8,10-15,18-22H2,2-3H3,(H,42,45). The number of H-pyrrole nitrogens is 1. The number of fused-ring (bicyclic) bond motifs is 2. The van der Waals surface area contributed by atoms with Crippen LogP contribution in [0.15, 0.2) is 37.1 Å². The minimum absolute atomic E-state index is 0.101. The summed E-state index contributed by atoms with van der Waals surface area (Å²) in [5, 5.41) is 28.5. The highest BCUT2D eigenvalue weighted by Gasteiger charge is 2.47. The minimum Gasteiger partial charge on any atom is -0.481 e. The number of piperidine rings is 1. The fraction of sp³-hybridized carbons (Fsp3) is 0.553. The molecule has 1 unspecified atom stereocenters. The van der Waals surface area contributed by atoms with Gasteiger partial charge in [0.25, 0.3) is 0 Å². The average Bonchev–Trinajstić information content (AvgIpc) is 3.83. The molecule has 14 heteroatoms. The van der Waals surface area contributed by atoms with Gasteiger partial charge in [-0.2, -0.15) is 23.3 Å². The molecule has 3 aliphatic heterocycles. The van der Waals surface area contributed by atoms with Crippen LogP contribution in [-0.4, -0.2) is 125 Å². The van der Waals surface area contributed by atoms with Gasteiger partial charge in [0, 0.05) is 74.8 Å². The van der Waals surface area contributed by atoms with E-state index < -0.39 is 19.0 Å². The number of aromatic nitrogens is 4. The number of likely N-dealkylation sites (tertiary alicyclic amines) is 1. The van der Waals surface area contributed by atoms with Crippen LogP contribution in [0.5, 0.6) is 5.75 Å². The number of anilines is 2. The van der Waals surface area contributed by atoms with E-state index in [4.69, 9.17) is 14.7 Å². The molecule has 3 N–H and O–H groups in total. The predicted octanol–water partition coefficient (Wildman–Crippen LogP) is 5.21. The number of alkyl halides is 3. The van der Waals surface area contributed by atoms with Crippen LogP contribution in [0.2, 0.25) is 0 Å². The summed E-state index contributed by atoms with van der Waals surface area (Å²) in [5.74, 6) is 1.50. The highest BCUT2D eigenvalue weighted by atomic mass is 19.4. The Kier molecular flexibility index (Phi) is 9.08. The molecule has 5 heterocycles. The average molecular weight is 721 g/mol. The first kappa shape index (κ1) is 35.1. The van der Waals surface area contributed by atoms with Gasteiger partial charge in [-0.25, -0.2) is 4.98 Å². The maximum Gasteiger partial charge on any atom is 0.422 e. The second-order valence-electron chi connectivity index (χ2n) is 15.3. The third kappa shape index (κ3) is 6.48. The Labute approximate surface area is 301 Å². The van der Waals surface area contributed by atoms with E-state index in [-0.39, 0.29) is 29.7 Å². The van der Waals surface area contributed by atoms with Crippen LogP contribution in [0.25, 0.3) is 32.9 Å². The first-order valence-corrected chi connectivity index (χ1v) is 18.3. The number of aromatic amines is 1. The van der Waals surface area contributed by atoms with Gasteiger partial charge in [0.1, 0.15) is 17.6 Å². The molecular formula is C38H47F3N8O3. The molecule has 8 rings (SSSR count). The summed E-state index contributed by atoms with van der Waals surface area (Å²) in [7, 11) is 2.04. The number of halogens is 3. The zero-order valence-corrected chi connectivity index (χ0v) is 29.8. The lowest BCUT2D eigenvalue weighted by Crippen LogP contribution is -2.62. The molecule has 1 atom stereocenters. The van der Waals surface area contributed by atoms with Crippen molar-refractivity contribution in [3.63, 3.8) is 0 Å². The maximum atomic E-state index is 14.1. The molecule has 1 spiro atoms. The number of likely N-dealkylation sites (N-methyl/N-ethyl adjacent to an activating group) is 1. The van der Waals surface area contributed by atoms with Crippen molar-refractivity contribution in [2.24, 2.45) is 5.41 Å². The van der Waals surface area contributed by atoms with Crippen LogP contribution in [0.1, 0.15) is 49.1 Å². The number of benzene rings is 2. The molecule has 2 aromatic heterocycles. The fourth-order valence-corrected chi connectivity index (χ4v) is 8.40. The Morgan fingerprint density at radius 3 is 2.54 bits per heavy atom. The van der Waals surface area contributed by atoms with Gasteiger partial charge >= 0.3 is 6.18 Å². The number of aryl methyl sites for hydroxylation is 1. The van der Waals surface area contributed by atoms with E-state index in [2.05, 4.69) is 37.5 Å². The summed E-state index contributed by atoms with van der Waals surface area (Å²) in [6.45, 7) is 9.52. The highest BCUT2D eigenvalue weighted by molar-refractivity contribution is 6.06. The molecule has 4 aliphatic rings. The van der Waals surface area contributed by atoms with Crippen LogP contribution in [-0.2, 0) is 0 Å². The summed E-state index contributed by atoms with van der Waals surface area (Å²) in [6.07, 6.45) is 2.44. The molecule has 4 aromatic rings. The van der Waals surface area contributed by atoms with E-state index in [0.29, 0.717) is 41.9 Å². The minimum atomic E-state index is -4.56. The topological polar surface area (TPSA) is 117 Å². The Bertz CT molecular complexity index is 1960. The summed E-state index contributed by atoms with van der Waals surface area (Å²) in [5.41, 5.74) is 4.60. The summed E-state index contributed by atoms with van der Waals surface area (Å²) in [6, 6.07) is 6.27. The molecule has 11 nitrogen and oxygen atoms in total. The number of nitrogens with one attached hydrogen (secondary N) is 1. The number of rotatable bonds is 12. The molecule has 278 valence electrons. The smallest absolute Gasteiger partial charge is 0.422 e. The van der Waals surface area contributed by atoms with Crippen LogP contribution in [0, 0.1) is 12.3 Å². The van der Waals surface area contributed by atoms with Crippen molar-refractivity contribution >= 4 is 33.6 Å². The van der Waals surface area contributed by atoms with Crippen LogP contribution in [0.3, 0.4) is 0 Å². The third-order valence-electron chi connectivity index (χ3n) is 11.6. The number of hydrogen-bond donors (Lipinski definition) is 3. The molecule has 4 fully saturated rings. The number of nitrogens with zero attached hydrogens (tertiary/aromatic N) is 7. The summed E-state index contributed by atoms with van der Waals surface area (Å²) >= 11 is 0. The molecule has 3 saturated heterocycles. The summed E-state index contributed by atoms with van der Waals surface area (Å²) in [4.78, 5) is 18.9. The van der Waals surface area contributed by atoms with Gasteiger partial charge in [0.2, 0.25) is 5.95 Å². The number of aliphatic hydroxyl groups is 2. The lowest BCUT2D eigenvalue weighted by Gasteiger charge is -2.55. The van der Waals surface area contributed by atoms with Crippen LogP contribution in [0.4, 0.5) is 24.9 Å². The monoisotopic (exact) mass is 720 g/mol. The van der Waals surface area contributed by atoms with Gasteiger partial charge < -0.3 is 24.7 Å². The van der Waals surface area contributed by atoms with Gasteiger partial charge in [-0.15, -0.1) is 0 Å². The van der Waals surface area contributed by atoms with E-state index in [1.807, 2.05) is 31.0 Å². The molecule has 2 aromatic carbocycles. The van der Waals surface area contributed by atoms with Gasteiger partial charge in [0.05, 0.1) is 11.7 Å². The third-order valence-corrected chi connectivity index (χ3v) is 11.6. The first-order chi connectivity index (χ1) is 25.0. The van der Waals surface area contributed by atoms with E-state index in [9.17, 15) is 23.4 Å². The van der Waals surface area contributed by atoms with Crippen LogP contribution < -0.4 is 14.5 Å². The number of ether oxygens (including phenoxy) is 1. The lowest BCUT2D eigenvalue weighted by molar-refractivity contribution is -0.153. The van der Waals surface area contributed by atoms with Gasteiger partial charge in [-0.1, -0.05) is 12.6 Å². The lowest BCUT2D eigenvalue weighted by atomic mass is 9.72. The normalized spacial score (nSPS) is 20.2. The van der Waals surface area contributed by atoms with Crippen molar-refractivity contribution in [3.05, 3.63) is 48.2 Å². The van der Waals surface area contributed by atoms with Crippen LogP contribution >= 0.6 is 0 Å². The Morgan fingerprint density at radius 2 is 1.87 bits per heavy atom. The predicted molar refractivity (Wildman–Crippen MR) is 195 cm³/mol. The van der Waals surface area contributed by atoms with E-state index in [1.165, 1.54) is 0 Å². The van der Waals surface area contributed by atoms with Crippen molar-refractivity contribution < 1.29 is 28.1 Å². The second-order valence-corrected chi connectivity index (χ2v) is 15.3. The highest BCUT2D eigenvalue weighted by Crippen LogP contribution is 2.53. The zero-order chi connectivity index (χ0) is 36.4. The number of hydrogen-bond acceptors (Lipinski definition) is 10. The van der Waals surface area contributed by atoms with Crippen molar-refractivity contribution in [2.45, 2.75) is 63.4 Å². The molecule has 1 saturated carbocycles. The summed E-state index contributed by atoms with van der Waals surface area (Å²) < 4.78 is 48.1. The number of aliphatic hydroxyl groups excluding tert-OH is 2. The quantitative estimate of drug-likeness (QED) is 0.169. The Balaban J connectivity index is 1.26. The SMILES string of the molecule is C=CC(O)N1CC2(CCN(c3nc(N4CC(N(C)CCCO)C4)nc4c(OCC(F)(F)F)c(-c5c(C)ccc6[nH]ncc56)c(C5CC5)cc34)CC2)C1. The largest absolute Gasteiger partial charge is 0.481 e. The van der Waals surface area contributed by atoms with Gasteiger partial charge in [0.15, 0.2) is 12.4 Å². The van der Waals surface area contributed by atoms with E-state index >= 15 is 0 Å². The maximum absolute atomic E-state index is 14.1. The second kappa shape index (κ2) is 13.5. The van der Waals surface area contributed by atoms with E-state index in [0.717, 1.165) is 91.8 Å². The zero-order valence-electron chi connectivity index (χ0n) is 29.8. The first-order valence-electron chi connectivity index (χ1n) is 18.3. The van der Waals surface area contributed by atoms with Crippen molar-refractivity contribution in [2.75, 3.05) is 75.9 Å². The molecule has 0 radical (unpaired) electrons. The van der Waals surface area contributed by atoms with E-state index in [1.54, 1.807) is 12.3 Å². The Morgan fingerprint density at radius 1 is 1.12 bits per heavy atom. The van der Waals surface area contributed by atoms with Crippen molar-refractivity contribution in [3.8, 4) is 16.9 Å². The molecule has 1 aliphatic carbocycles. The van der Waals surface area contributed by atoms with Crippen molar-refractivity contribution in [1.29, 1.82) is 0 Å².